The molecule has 4 N–H and O–H groups in total. The Labute approximate surface area is 163 Å². The Hall–Kier alpha value is -2.08. The highest BCUT2D eigenvalue weighted by Gasteiger charge is 2.11. The molecule has 0 aliphatic rings. The van der Waals surface area contributed by atoms with Crippen LogP contribution in [0.15, 0.2) is 29.3 Å². The Morgan fingerprint density at radius 3 is 2.52 bits per heavy atom. The molecule has 152 valence electrons. The number of rotatable bonds is 11. The molecule has 1 unspecified atom stereocenters. The average Bonchev–Trinajstić information content (AvgIpc) is 2.64. The van der Waals surface area contributed by atoms with E-state index in [2.05, 4.69) is 34.8 Å². The number of benzene rings is 1. The Bertz CT molecular complexity index is 587. The summed E-state index contributed by atoms with van der Waals surface area (Å²) < 4.78 is 0. The maximum atomic E-state index is 12.0. The zero-order chi connectivity index (χ0) is 20.1. The Morgan fingerprint density at radius 1 is 1.15 bits per heavy atom. The third-order valence-electron chi connectivity index (χ3n) is 4.19. The molecule has 1 rings (SSSR count). The summed E-state index contributed by atoms with van der Waals surface area (Å²) in [6.45, 7) is 11.2. The summed E-state index contributed by atoms with van der Waals surface area (Å²) in [4.78, 5) is 16.6. The van der Waals surface area contributed by atoms with Gasteiger partial charge in [-0.25, -0.2) is 4.99 Å². The molecule has 0 aliphatic heterocycles. The molecule has 0 radical (unpaired) electrons. The smallest absolute Gasteiger partial charge is 0.251 e. The predicted octanol–water partition coefficient (Wildman–Crippen LogP) is 2.54. The molecule has 1 atom stereocenters. The first-order valence-electron chi connectivity index (χ1n) is 10.00. The normalized spacial score (nSPS) is 12.7. The van der Waals surface area contributed by atoms with Crippen LogP contribution in [0.3, 0.4) is 0 Å². The molecule has 0 saturated carbocycles. The summed E-state index contributed by atoms with van der Waals surface area (Å²) in [6.07, 6.45) is 1.86. The topological polar surface area (TPSA) is 85.8 Å². The predicted molar refractivity (Wildman–Crippen MR) is 112 cm³/mol. The molecule has 6 heteroatoms. The van der Waals surface area contributed by atoms with Crippen LogP contribution in [-0.4, -0.2) is 43.2 Å². The van der Waals surface area contributed by atoms with Crippen molar-refractivity contribution in [3.05, 3.63) is 35.4 Å². The van der Waals surface area contributed by atoms with E-state index < -0.39 is 0 Å². The van der Waals surface area contributed by atoms with Crippen LogP contribution in [0.25, 0.3) is 0 Å². The van der Waals surface area contributed by atoms with Gasteiger partial charge in [0.15, 0.2) is 5.96 Å². The highest BCUT2D eigenvalue weighted by Crippen LogP contribution is 2.14. The fourth-order valence-corrected chi connectivity index (χ4v) is 2.98. The minimum Gasteiger partial charge on any atom is -0.396 e. The van der Waals surface area contributed by atoms with Crippen molar-refractivity contribution < 1.29 is 9.90 Å². The highest BCUT2D eigenvalue weighted by atomic mass is 16.3. The zero-order valence-corrected chi connectivity index (χ0v) is 17.2. The highest BCUT2D eigenvalue weighted by molar-refractivity contribution is 5.94. The first kappa shape index (κ1) is 23.0. The molecule has 0 fully saturated rings. The third-order valence-corrected chi connectivity index (χ3v) is 4.19. The number of nitrogens with zero attached hydrogens (tertiary/aromatic N) is 1. The van der Waals surface area contributed by atoms with Crippen LogP contribution in [0.5, 0.6) is 0 Å². The lowest BCUT2D eigenvalue weighted by Gasteiger charge is -2.20. The van der Waals surface area contributed by atoms with Crippen LogP contribution in [0.1, 0.15) is 56.5 Å². The van der Waals surface area contributed by atoms with Gasteiger partial charge in [-0.3, -0.25) is 4.79 Å². The monoisotopic (exact) mass is 376 g/mol. The van der Waals surface area contributed by atoms with E-state index in [1.807, 2.05) is 38.1 Å². The van der Waals surface area contributed by atoms with Crippen molar-refractivity contribution in [2.45, 2.75) is 47.1 Å². The van der Waals surface area contributed by atoms with E-state index in [0.717, 1.165) is 37.5 Å². The van der Waals surface area contributed by atoms with Crippen LogP contribution in [0.4, 0.5) is 0 Å². The van der Waals surface area contributed by atoms with E-state index in [1.54, 1.807) is 0 Å². The molecule has 0 heterocycles. The Morgan fingerprint density at radius 2 is 1.89 bits per heavy atom. The van der Waals surface area contributed by atoms with Crippen molar-refractivity contribution in [3.63, 3.8) is 0 Å². The summed E-state index contributed by atoms with van der Waals surface area (Å²) in [6, 6.07) is 7.55. The molecule has 1 aromatic rings. The first-order valence-corrected chi connectivity index (χ1v) is 10.00. The number of guanidine groups is 1. The number of aliphatic hydroxyl groups excluding tert-OH is 1. The van der Waals surface area contributed by atoms with Crippen LogP contribution in [0, 0.1) is 11.8 Å². The fraction of sp³-hybridized carbons (Fsp3) is 0.619. The quantitative estimate of drug-likeness (QED) is 0.353. The van der Waals surface area contributed by atoms with Crippen LogP contribution < -0.4 is 16.0 Å². The lowest BCUT2D eigenvalue weighted by Crippen LogP contribution is -2.40. The van der Waals surface area contributed by atoms with Crippen molar-refractivity contribution >= 4 is 11.9 Å². The van der Waals surface area contributed by atoms with Gasteiger partial charge in [0, 0.05) is 31.8 Å². The van der Waals surface area contributed by atoms with E-state index in [4.69, 9.17) is 0 Å². The number of carbonyl (C=O) groups excluding carboxylic acids is 1. The second kappa shape index (κ2) is 13.1. The summed E-state index contributed by atoms with van der Waals surface area (Å²) in [5.74, 6) is 1.71. The maximum Gasteiger partial charge on any atom is 0.251 e. The van der Waals surface area contributed by atoms with Gasteiger partial charge < -0.3 is 21.1 Å². The molecule has 0 saturated heterocycles. The van der Waals surface area contributed by atoms with Crippen molar-refractivity contribution in [2.24, 2.45) is 16.8 Å². The van der Waals surface area contributed by atoms with Crippen molar-refractivity contribution in [3.8, 4) is 0 Å². The molecule has 0 aromatic heterocycles. The molecular weight excluding hydrogens is 340 g/mol. The van der Waals surface area contributed by atoms with Crippen LogP contribution in [-0.2, 0) is 6.54 Å². The van der Waals surface area contributed by atoms with Crippen molar-refractivity contribution in [1.82, 2.24) is 16.0 Å². The van der Waals surface area contributed by atoms with Gasteiger partial charge in [0.05, 0.1) is 6.54 Å². The summed E-state index contributed by atoms with van der Waals surface area (Å²) in [7, 11) is 0. The van der Waals surface area contributed by atoms with Gasteiger partial charge in [0.1, 0.15) is 0 Å². The van der Waals surface area contributed by atoms with Gasteiger partial charge in [-0.15, -0.1) is 0 Å². The van der Waals surface area contributed by atoms with E-state index in [-0.39, 0.29) is 12.5 Å². The van der Waals surface area contributed by atoms with Gasteiger partial charge in [0.25, 0.3) is 5.91 Å². The summed E-state index contributed by atoms with van der Waals surface area (Å²) in [5.41, 5.74) is 1.65. The van der Waals surface area contributed by atoms with Gasteiger partial charge in [-0.2, -0.15) is 0 Å². The number of amides is 1. The van der Waals surface area contributed by atoms with Gasteiger partial charge in [-0.1, -0.05) is 26.0 Å². The van der Waals surface area contributed by atoms with Gasteiger partial charge in [0.2, 0.25) is 0 Å². The molecule has 0 aliphatic carbocycles. The summed E-state index contributed by atoms with van der Waals surface area (Å²) in [5, 5.41) is 18.7. The van der Waals surface area contributed by atoms with E-state index in [0.29, 0.717) is 30.5 Å². The van der Waals surface area contributed by atoms with E-state index in [1.165, 1.54) is 0 Å². The molecule has 0 spiro atoms. The number of nitrogens with one attached hydrogen (secondary N) is 3. The lowest BCUT2D eigenvalue weighted by atomic mass is 9.94. The van der Waals surface area contributed by atoms with Crippen molar-refractivity contribution in [1.29, 1.82) is 0 Å². The number of carbonyl (C=O) groups is 1. The number of hydrogen-bond acceptors (Lipinski definition) is 3. The number of hydrogen-bond donors (Lipinski definition) is 4. The lowest BCUT2D eigenvalue weighted by molar-refractivity contribution is 0.0955. The second-order valence-electron chi connectivity index (χ2n) is 7.14. The van der Waals surface area contributed by atoms with E-state index in [9.17, 15) is 9.90 Å². The van der Waals surface area contributed by atoms with Gasteiger partial charge in [-0.05, 0) is 56.2 Å². The minimum atomic E-state index is -0.0612. The Kier molecular flexibility index (Phi) is 11.2. The maximum absolute atomic E-state index is 12.0. The zero-order valence-electron chi connectivity index (χ0n) is 17.2. The Balaban J connectivity index is 2.72. The first-order chi connectivity index (χ1) is 13.0. The van der Waals surface area contributed by atoms with Crippen molar-refractivity contribution in [2.75, 3.05) is 26.2 Å². The molecule has 0 bridgehead atoms. The largest absolute Gasteiger partial charge is 0.396 e. The molecule has 1 aromatic carbocycles. The SMILES string of the molecule is CCNC(=O)c1cccc(CN=C(NCC)NCC(CCO)CC(C)C)c1. The molecular formula is C21H36N4O2. The molecule has 1 amide bonds. The number of aliphatic hydroxyl groups is 1. The second-order valence-corrected chi connectivity index (χ2v) is 7.14. The summed E-state index contributed by atoms with van der Waals surface area (Å²) >= 11 is 0. The average molecular weight is 377 g/mol. The third kappa shape index (κ3) is 9.43. The fourth-order valence-electron chi connectivity index (χ4n) is 2.98. The van der Waals surface area contributed by atoms with Gasteiger partial charge >= 0.3 is 0 Å². The van der Waals surface area contributed by atoms with Crippen LogP contribution >= 0.6 is 0 Å². The molecule has 6 nitrogen and oxygen atoms in total. The van der Waals surface area contributed by atoms with Crippen LogP contribution in [0.2, 0.25) is 0 Å². The number of aliphatic imine (C=N–C) groups is 1. The standard InChI is InChI=1S/C21H36N4O2/c1-5-22-20(27)19-9-7-8-17(13-19)14-24-21(23-6-2)25-15-18(10-11-26)12-16(3)4/h7-9,13,16,18,26H,5-6,10-12,14-15H2,1-4H3,(H,22,27)(H2,23,24,25). The molecule has 27 heavy (non-hydrogen) atoms. The van der Waals surface area contributed by atoms with E-state index >= 15 is 0 Å². The minimum absolute atomic E-state index is 0.0612.